The Balaban J connectivity index is 1.99. The molecule has 1 fully saturated rings. The number of nitrogens with zero attached hydrogens (tertiary/aromatic N) is 1. The number of carbonyl (C=O) groups excluding carboxylic acids is 1. The molecule has 116 valence electrons. The third kappa shape index (κ3) is 4.02. The van der Waals surface area contributed by atoms with Crippen molar-refractivity contribution in [3.8, 4) is 0 Å². The predicted octanol–water partition coefficient (Wildman–Crippen LogP) is 2.82. The highest BCUT2D eigenvalue weighted by atomic mass is 35.5. The first-order valence-corrected chi connectivity index (χ1v) is 8.66. The minimum absolute atomic E-state index is 0.146. The highest BCUT2D eigenvalue weighted by Crippen LogP contribution is 2.38. The van der Waals surface area contributed by atoms with Crippen LogP contribution in [0, 0.1) is 0 Å². The number of thioether (sulfide) groups is 1. The Kier molecular flexibility index (Phi) is 5.72. The molecule has 0 saturated heterocycles. The number of pyridine rings is 1. The SMILES string of the molecule is CSC1(CNC(=O)c2cnc(NN)c(Cl)c2)CCCCC1. The van der Waals surface area contributed by atoms with Gasteiger partial charge < -0.3 is 10.7 Å². The molecule has 2 rings (SSSR count). The van der Waals surface area contributed by atoms with Crippen LogP contribution in [0.2, 0.25) is 5.02 Å². The lowest BCUT2D eigenvalue weighted by molar-refractivity contribution is 0.0946. The average Bonchev–Trinajstić information content (AvgIpc) is 2.53. The van der Waals surface area contributed by atoms with E-state index in [9.17, 15) is 4.79 Å². The number of nitrogens with one attached hydrogen (secondary N) is 2. The van der Waals surface area contributed by atoms with E-state index in [0.29, 0.717) is 22.9 Å². The topological polar surface area (TPSA) is 80.0 Å². The van der Waals surface area contributed by atoms with Crippen molar-refractivity contribution in [3.63, 3.8) is 0 Å². The molecule has 0 aliphatic heterocycles. The van der Waals surface area contributed by atoms with Crippen LogP contribution in [0.1, 0.15) is 42.5 Å². The molecule has 4 N–H and O–H groups in total. The van der Waals surface area contributed by atoms with Gasteiger partial charge in [-0.2, -0.15) is 11.8 Å². The van der Waals surface area contributed by atoms with Crippen molar-refractivity contribution >= 4 is 35.1 Å². The number of halogens is 1. The van der Waals surface area contributed by atoms with Crippen LogP contribution >= 0.6 is 23.4 Å². The molecule has 0 spiro atoms. The van der Waals surface area contributed by atoms with Crippen LogP contribution < -0.4 is 16.6 Å². The van der Waals surface area contributed by atoms with E-state index in [1.54, 1.807) is 6.07 Å². The van der Waals surface area contributed by atoms with Gasteiger partial charge in [0.05, 0.1) is 10.6 Å². The molecule has 0 atom stereocenters. The molecule has 7 heteroatoms. The van der Waals surface area contributed by atoms with E-state index in [2.05, 4.69) is 22.0 Å². The van der Waals surface area contributed by atoms with Crippen LogP contribution in [0.25, 0.3) is 0 Å². The minimum Gasteiger partial charge on any atom is -0.351 e. The zero-order chi connectivity index (χ0) is 15.3. The number of rotatable bonds is 5. The first-order valence-electron chi connectivity index (χ1n) is 7.06. The molecule has 1 amide bonds. The summed E-state index contributed by atoms with van der Waals surface area (Å²) < 4.78 is 0.171. The van der Waals surface area contributed by atoms with Gasteiger partial charge in [0, 0.05) is 17.5 Å². The molecule has 1 aromatic heterocycles. The first kappa shape index (κ1) is 16.4. The summed E-state index contributed by atoms with van der Waals surface area (Å²) in [6.45, 7) is 0.682. The van der Waals surface area contributed by atoms with Gasteiger partial charge in [0.15, 0.2) is 5.82 Å². The Morgan fingerprint density at radius 2 is 2.19 bits per heavy atom. The number of nitrogens with two attached hydrogens (primary N) is 1. The Labute approximate surface area is 134 Å². The third-order valence-corrected chi connectivity index (χ3v) is 5.72. The summed E-state index contributed by atoms with van der Waals surface area (Å²) in [6.07, 6.45) is 9.68. The number of hydrogen-bond donors (Lipinski definition) is 3. The highest BCUT2D eigenvalue weighted by molar-refractivity contribution is 8.00. The molecule has 1 aliphatic rings. The van der Waals surface area contributed by atoms with Gasteiger partial charge in [-0.25, -0.2) is 10.8 Å². The number of hydrogen-bond acceptors (Lipinski definition) is 5. The molecular formula is C14H21ClN4OS. The lowest BCUT2D eigenvalue weighted by Gasteiger charge is -2.35. The largest absolute Gasteiger partial charge is 0.351 e. The van der Waals surface area contributed by atoms with Gasteiger partial charge in [-0.3, -0.25) is 4.79 Å². The molecule has 1 aliphatic carbocycles. The summed E-state index contributed by atoms with van der Waals surface area (Å²) in [7, 11) is 0. The van der Waals surface area contributed by atoms with E-state index >= 15 is 0 Å². The minimum atomic E-state index is -0.146. The smallest absolute Gasteiger partial charge is 0.252 e. The molecule has 1 saturated carbocycles. The summed E-state index contributed by atoms with van der Waals surface area (Å²) >= 11 is 7.84. The van der Waals surface area contributed by atoms with Crippen molar-refractivity contribution in [2.75, 3.05) is 18.2 Å². The number of anilines is 1. The fourth-order valence-electron chi connectivity index (χ4n) is 2.66. The number of amides is 1. The van der Waals surface area contributed by atoms with Gasteiger partial charge in [-0.05, 0) is 25.2 Å². The molecule has 0 bridgehead atoms. The summed E-state index contributed by atoms with van der Waals surface area (Å²) in [6, 6.07) is 1.58. The fourth-order valence-corrected chi connectivity index (χ4v) is 3.80. The van der Waals surface area contributed by atoms with Crippen LogP contribution in [0.5, 0.6) is 0 Å². The normalized spacial score (nSPS) is 17.3. The standard InChI is InChI=1S/C14H21ClN4OS/c1-21-14(5-3-2-4-6-14)9-18-13(20)10-7-11(15)12(19-16)17-8-10/h7-8H,2-6,9,16H2,1H3,(H,17,19)(H,18,20). The number of carbonyl (C=O) groups is 1. The molecule has 0 unspecified atom stereocenters. The lowest BCUT2D eigenvalue weighted by Crippen LogP contribution is -2.41. The van der Waals surface area contributed by atoms with Crippen molar-refractivity contribution in [1.82, 2.24) is 10.3 Å². The van der Waals surface area contributed by atoms with Gasteiger partial charge >= 0.3 is 0 Å². The monoisotopic (exact) mass is 328 g/mol. The summed E-state index contributed by atoms with van der Waals surface area (Å²) in [4.78, 5) is 16.2. The second-order valence-electron chi connectivity index (χ2n) is 5.33. The maximum Gasteiger partial charge on any atom is 0.252 e. The molecule has 1 aromatic rings. The van der Waals surface area contributed by atoms with Crippen LogP contribution in [0.3, 0.4) is 0 Å². The van der Waals surface area contributed by atoms with Gasteiger partial charge in [0.2, 0.25) is 0 Å². The van der Waals surface area contributed by atoms with E-state index in [1.807, 2.05) is 11.8 Å². The van der Waals surface area contributed by atoms with Crippen molar-refractivity contribution in [2.45, 2.75) is 36.9 Å². The van der Waals surface area contributed by atoms with Crippen LogP contribution in [0.15, 0.2) is 12.3 Å². The van der Waals surface area contributed by atoms with Gasteiger partial charge in [-0.1, -0.05) is 30.9 Å². The fraction of sp³-hybridized carbons (Fsp3) is 0.571. The van der Waals surface area contributed by atoms with Gasteiger partial charge in [0.1, 0.15) is 0 Å². The molecule has 0 radical (unpaired) electrons. The summed E-state index contributed by atoms with van der Waals surface area (Å²) in [5.74, 6) is 5.48. The Morgan fingerprint density at radius 3 is 2.76 bits per heavy atom. The van der Waals surface area contributed by atoms with E-state index < -0.39 is 0 Å². The first-order chi connectivity index (χ1) is 10.1. The number of aromatic nitrogens is 1. The number of nitrogen functional groups attached to an aromatic ring is 1. The van der Waals surface area contributed by atoms with Gasteiger partial charge in [-0.15, -0.1) is 0 Å². The second-order valence-corrected chi connectivity index (χ2v) is 7.01. The highest BCUT2D eigenvalue weighted by Gasteiger charge is 2.31. The summed E-state index contributed by atoms with van der Waals surface area (Å²) in [5, 5.41) is 3.35. The van der Waals surface area contributed by atoms with Crippen molar-refractivity contribution in [1.29, 1.82) is 0 Å². The van der Waals surface area contributed by atoms with Crippen LogP contribution in [0.4, 0.5) is 5.82 Å². The van der Waals surface area contributed by atoms with Crippen LogP contribution in [-0.2, 0) is 0 Å². The molecule has 1 heterocycles. The molecule has 21 heavy (non-hydrogen) atoms. The molecular weight excluding hydrogens is 308 g/mol. The van der Waals surface area contributed by atoms with E-state index in [0.717, 1.165) is 12.8 Å². The van der Waals surface area contributed by atoms with E-state index in [1.165, 1.54) is 25.5 Å². The van der Waals surface area contributed by atoms with E-state index in [-0.39, 0.29) is 10.7 Å². The van der Waals surface area contributed by atoms with E-state index in [4.69, 9.17) is 17.4 Å². The number of hydrazine groups is 1. The second kappa shape index (κ2) is 7.33. The lowest BCUT2D eigenvalue weighted by atomic mass is 9.88. The maximum absolute atomic E-state index is 12.2. The average molecular weight is 329 g/mol. The maximum atomic E-state index is 12.2. The third-order valence-electron chi connectivity index (χ3n) is 4.01. The summed E-state index contributed by atoms with van der Waals surface area (Å²) in [5.41, 5.74) is 2.83. The predicted molar refractivity (Wildman–Crippen MR) is 88.7 cm³/mol. The quantitative estimate of drug-likeness (QED) is 0.572. The molecule has 0 aromatic carbocycles. The molecule has 5 nitrogen and oxygen atoms in total. The Bertz CT molecular complexity index is 506. The Hall–Kier alpha value is -0.980. The van der Waals surface area contributed by atoms with Gasteiger partial charge in [0.25, 0.3) is 5.91 Å². The Morgan fingerprint density at radius 1 is 1.48 bits per heavy atom. The van der Waals surface area contributed by atoms with Crippen molar-refractivity contribution < 1.29 is 4.79 Å². The van der Waals surface area contributed by atoms with Crippen molar-refractivity contribution in [3.05, 3.63) is 22.8 Å². The zero-order valence-electron chi connectivity index (χ0n) is 12.1. The zero-order valence-corrected chi connectivity index (χ0v) is 13.7. The van der Waals surface area contributed by atoms with Crippen LogP contribution in [-0.4, -0.2) is 28.4 Å². The van der Waals surface area contributed by atoms with Crippen molar-refractivity contribution in [2.24, 2.45) is 5.84 Å².